The van der Waals surface area contributed by atoms with E-state index in [2.05, 4.69) is 10.1 Å². The molecule has 0 radical (unpaired) electrons. The minimum atomic E-state index is -2.82. The molecule has 0 fully saturated rings. The molecular formula is C13H19F2NO2. The number of para-hydroxylation sites is 1. The quantitative estimate of drug-likeness (QED) is 0.790. The zero-order valence-corrected chi connectivity index (χ0v) is 10.6. The van der Waals surface area contributed by atoms with Crippen LogP contribution in [0.4, 0.5) is 8.78 Å². The largest absolute Gasteiger partial charge is 0.434 e. The SMILES string of the molecule is CC(C)(CO)CNCc1ccccc1OC(F)F. The maximum Gasteiger partial charge on any atom is 0.387 e. The summed E-state index contributed by atoms with van der Waals surface area (Å²) in [6, 6.07) is 6.67. The van der Waals surface area contributed by atoms with E-state index < -0.39 is 6.61 Å². The van der Waals surface area contributed by atoms with Gasteiger partial charge in [0.15, 0.2) is 0 Å². The molecule has 3 nitrogen and oxygen atoms in total. The van der Waals surface area contributed by atoms with Crippen molar-refractivity contribution in [1.29, 1.82) is 0 Å². The Balaban J connectivity index is 2.56. The topological polar surface area (TPSA) is 41.5 Å². The van der Waals surface area contributed by atoms with Crippen LogP contribution in [-0.4, -0.2) is 24.9 Å². The Hall–Kier alpha value is -1.20. The fraction of sp³-hybridized carbons (Fsp3) is 0.538. The van der Waals surface area contributed by atoms with Gasteiger partial charge in [-0.3, -0.25) is 0 Å². The zero-order chi connectivity index (χ0) is 13.6. The lowest BCUT2D eigenvalue weighted by atomic mass is 9.95. The molecule has 0 saturated heterocycles. The summed E-state index contributed by atoms with van der Waals surface area (Å²) in [4.78, 5) is 0. The second-order valence-electron chi connectivity index (χ2n) is 4.91. The van der Waals surface area contributed by atoms with Gasteiger partial charge in [0, 0.05) is 30.7 Å². The molecule has 0 amide bonds. The minimum Gasteiger partial charge on any atom is -0.434 e. The van der Waals surface area contributed by atoms with Crippen LogP contribution in [0.25, 0.3) is 0 Å². The third kappa shape index (κ3) is 4.98. The number of alkyl halides is 2. The van der Waals surface area contributed by atoms with Crippen molar-refractivity contribution in [2.24, 2.45) is 5.41 Å². The molecule has 1 aromatic rings. The first-order valence-electron chi connectivity index (χ1n) is 5.79. The Morgan fingerprint density at radius 2 is 2.00 bits per heavy atom. The Bertz CT molecular complexity index is 370. The minimum absolute atomic E-state index is 0.0647. The van der Waals surface area contributed by atoms with E-state index >= 15 is 0 Å². The lowest BCUT2D eigenvalue weighted by Crippen LogP contribution is -2.32. The third-order valence-electron chi connectivity index (χ3n) is 2.54. The van der Waals surface area contributed by atoms with Crippen LogP contribution in [0.5, 0.6) is 5.75 Å². The van der Waals surface area contributed by atoms with Gasteiger partial charge in [-0.05, 0) is 6.07 Å². The summed E-state index contributed by atoms with van der Waals surface area (Å²) in [5.41, 5.74) is 0.435. The van der Waals surface area contributed by atoms with Crippen LogP contribution >= 0.6 is 0 Å². The highest BCUT2D eigenvalue weighted by molar-refractivity contribution is 5.33. The van der Waals surface area contributed by atoms with E-state index in [1.54, 1.807) is 18.2 Å². The van der Waals surface area contributed by atoms with Crippen LogP contribution in [-0.2, 0) is 6.54 Å². The Labute approximate surface area is 106 Å². The van der Waals surface area contributed by atoms with Crippen molar-refractivity contribution >= 4 is 0 Å². The number of rotatable bonds is 7. The van der Waals surface area contributed by atoms with Crippen LogP contribution in [0.2, 0.25) is 0 Å². The third-order valence-corrected chi connectivity index (χ3v) is 2.54. The molecule has 1 aromatic carbocycles. The number of ether oxygens (including phenoxy) is 1. The predicted octanol–water partition coefficient (Wildman–Crippen LogP) is 2.40. The summed E-state index contributed by atoms with van der Waals surface area (Å²) in [6.45, 7) is 2.09. The Morgan fingerprint density at radius 1 is 1.33 bits per heavy atom. The lowest BCUT2D eigenvalue weighted by Gasteiger charge is -2.22. The van der Waals surface area contributed by atoms with Crippen LogP contribution < -0.4 is 10.1 Å². The summed E-state index contributed by atoms with van der Waals surface area (Å²) >= 11 is 0. The maximum atomic E-state index is 12.2. The lowest BCUT2D eigenvalue weighted by molar-refractivity contribution is -0.0505. The number of hydrogen-bond donors (Lipinski definition) is 2. The van der Waals surface area contributed by atoms with Crippen molar-refractivity contribution in [3.05, 3.63) is 29.8 Å². The molecule has 0 aliphatic heterocycles. The number of hydrogen-bond acceptors (Lipinski definition) is 3. The number of nitrogens with one attached hydrogen (secondary N) is 1. The summed E-state index contributed by atoms with van der Waals surface area (Å²) in [5, 5.41) is 12.2. The van der Waals surface area contributed by atoms with E-state index in [1.807, 2.05) is 13.8 Å². The molecule has 5 heteroatoms. The van der Waals surface area contributed by atoms with E-state index in [4.69, 9.17) is 5.11 Å². The first kappa shape index (κ1) is 14.9. The van der Waals surface area contributed by atoms with Crippen molar-refractivity contribution in [3.63, 3.8) is 0 Å². The summed E-state index contributed by atoms with van der Waals surface area (Å²) < 4.78 is 28.8. The molecule has 0 bridgehead atoms. The van der Waals surface area contributed by atoms with E-state index in [9.17, 15) is 8.78 Å². The molecule has 0 saturated carbocycles. The number of halogens is 2. The van der Waals surface area contributed by atoms with E-state index in [0.29, 0.717) is 18.7 Å². The molecule has 102 valence electrons. The molecule has 0 aliphatic rings. The molecular weight excluding hydrogens is 240 g/mol. The van der Waals surface area contributed by atoms with Gasteiger partial charge in [0.1, 0.15) is 5.75 Å². The smallest absolute Gasteiger partial charge is 0.387 e. The molecule has 2 N–H and O–H groups in total. The first-order valence-corrected chi connectivity index (χ1v) is 5.79. The van der Waals surface area contributed by atoms with Gasteiger partial charge in [-0.1, -0.05) is 32.0 Å². The van der Waals surface area contributed by atoms with Crippen LogP contribution in [0.1, 0.15) is 19.4 Å². The van der Waals surface area contributed by atoms with Crippen molar-refractivity contribution in [2.75, 3.05) is 13.2 Å². The number of aliphatic hydroxyl groups excluding tert-OH is 1. The van der Waals surface area contributed by atoms with Crippen molar-refractivity contribution in [2.45, 2.75) is 27.0 Å². The van der Waals surface area contributed by atoms with Crippen LogP contribution in [0.3, 0.4) is 0 Å². The highest BCUT2D eigenvalue weighted by Crippen LogP contribution is 2.20. The summed E-state index contributed by atoms with van der Waals surface area (Å²) in [7, 11) is 0. The van der Waals surface area contributed by atoms with Crippen molar-refractivity contribution < 1.29 is 18.6 Å². The Morgan fingerprint density at radius 3 is 2.61 bits per heavy atom. The average molecular weight is 259 g/mol. The van der Waals surface area contributed by atoms with Crippen molar-refractivity contribution in [1.82, 2.24) is 5.32 Å². The molecule has 0 spiro atoms. The van der Waals surface area contributed by atoms with Crippen LogP contribution in [0.15, 0.2) is 24.3 Å². The normalized spacial score (nSPS) is 11.9. The van der Waals surface area contributed by atoms with E-state index in [-0.39, 0.29) is 17.8 Å². The molecule has 0 aromatic heterocycles. The fourth-order valence-electron chi connectivity index (χ4n) is 1.45. The van der Waals surface area contributed by atoms with Gasteiger partial charge >= 0.3 is 6.61 Å². The monoisotopic (exact) mass is 259 g/mol. The second-order valence-corrected chi connectivity index (χ2v) is 4.91. The zero-order valence-electron chi connectivity index (χ0n) is 10.6. The van der Waals surface area contributed by atoms with Gasteiger partial charge < -0.3 is 15.2 Å². The summed E-state index contributed by atoms with van der Waals surface area (Å²) in [5.74, 6) is 0.182. The van der Waals surface area contributed by atoms with E-state index in [0.717, 1.165) is 0 Å². The average Bonchev–Trinajstić information content (AvgIpc) is 2.30. The molecule has 0 atom stereocenters. The van der Waals surface area contributed by atoms with E-state index in [1.165, 1.54) is 6.07 Å². The highest BCUT2D eigenvalue weighted by Gasteiger charge is 2.16. The van der Waals surface area contributed by atoms with Crippen LogP contribution in [0, 0.1) is 5.41 Å². The molecule has 1 rings (SSSR count). The highest BCUT2D eigenvalue weighted by atomic mass is 19.3. The maximum absolute atomic E-state index is 12.2. The van der Waals surface area contributed by atoms with Gasteiger partial charge in [-0.25, -0.2) is 0 Å². The van der Waals surface area contributed by atoms with Gasteiger partial charge in [0.2, 0.25) is 0 Å². The fourth-order valence-corrected chi connectivity index (χ4v) is 1.45. The van der Waals surface area contributed by atoms with Gasteiger partial charge in [0.25, 0.3) is 0 Å². The predicted molar refractivity (Wildman–Crippen MR) is 65.6 cm³/mol. The number of benzene rings is 1. The first-order chi connectivity index (χ1) is 8.44. The number of aliphatic hydroxyl groups is 1. The van der Waals surface area contributed by atoms with Gasteiger partial charge in [0.05, 0.1) is 0 Å². The standard InChI is InChI=1S/C13H19F2NO2/c1-13(2,9-17)8-16-7-10-5-3-4-6-11(10)18-12(14)15/h3-6,12,16-17H,7-9H2,1-2H3. The molecule has 0 aliphatic carbocycles. The van der Waals surface area contributed by atoms with Crippen molar-refractivity contribution in [3.8, 4) is 5.75 Å². The van der Waals surface area contributed by atoms with Gasteiger partial charge in [-0.15, -0.1) is 0 Å². The molecule has 0 heterocycles. The summed E-state index contributed by atoms with van der Waals surface area (Å²) in [6.07, 6.45) is 0. The molecule has 18 heavy (non-hydrogen) atoms. The molecule has 0 unspecified atom stereocenters. The van der Waals surface area contributed by atoms with Gasteiger partial charge in [-0.2, -0.15) is 8.78 Å². The Kier molecular flexibility index (Phi) is 5.50. The second kappa shape index (κ2) is 6.66.